The second kappa shape index (κ2) is 8.65. The second-order valence-electron chi connectivity index (χ2n) is 9.64. The average molecular weight is 531 g/mol. The molecule has 2 amide bonds. The number of likely N-dealkylation sites (tertiary alicyclic amines) is 1. The van der Waals surface area contributed by atoms with Crippen molar-refractivity contribution in [2.45, 2.75) is 29.5 Å². The summed E-state index contributed by atoms with van der Waals surface area (Å²) in [6.07, 6.45) is 0.783. The van der Waals surface area contributed by atoms with E-state index in [9.17, 15) is 19.2 Å². The van der Waals surface area contributed by atoms with Gasteiger partial charge in [-0.1, -0.05) is 17.4 Å². The van der Waals surface area contributed by atoms with E-state index in [1.807, 2.05) is 18.2 Å². The number of fused-ring (bicyclic) bond motifs is 9. The number of thiazole rings is 1. The number of hydrogen-bond acceptors (Lipinski definition) is 9. The molecule has 3 heterocycles. The lowest BCUT2D eigenvalue weighted by Crippen LogP contribution is -2.42. The van der Waals surface area contributed by atoms with Crippen LogP contribution in [0.25, 0.3) is 0 Å². The number of imide groups is 1. The summed E-state index contributed by atoms with van der Waals surface area (Å²) in [5.74, 6) is -0.839. The number of thioether (sulfide) groups is 1. The quantitative estimate of drug-likeness (QED) is 0.448. The molecule has 9 nitrogen and oxygen atoms in total. The van der Waals surface area contributed by atoms with E-state index < -0.39 is 17.8 Å². The van der Waals surface area contributed by atoms with Crippen molar-refractivity contribution in [3.63, 3.8) is 0 Å². The maximum absolute atomic E-state index is 13.5. The Balaban J connectivity index is 1.41. The highest BCUT2D eigenvalue weighted by Gasteiger charge is 2.69. The van der Waals surface area contributed by atoms with Gasteiger partial charge in [0.15, 0.2) is 11.5 Å². The number of aromatic amines is 1. The first-order valence-electron chi connectivity index (χ1n) is 12.0. The van der Waals surface area contributed by atoms with E-state index in [0.29, 0.717) is 11.5 Å². The third-order valence-electron chi connectivity index (χ3n) is 8.17. The van der Waals surface area contributed by atoms with Gasteiger partial charge < -0.3 is 19.2 Å². The molecule has 2 aliphatic heterocycles. The standard InChI is InChI=1S/C25H26N2O7S2/c1-4-34-15(28)9-27-23(29)18-11-8-12(19(18)24(27)30)20-17(11)16(21-22(35-20)26-25(31)36-21)10-5-6-13(32-2)14(7-10)33-3/h5-7,11-12,16-20H,4,8-9H2,1-3H3,(H,26,31)/t11-,12-,16-,17-,18+,19-,20-/m1/s1. The highest BCUT2D eigenvalue weighted by Crippen LogP contribution is 2.68. The highest BCUT2D eigenvalue weighted by atomic mass is 32.2. The van der Waals surface area contributed by atoms with Crippen molar-refractivity contribution in [2.24, 2.45) is 29.6 Å². The largest absolute Gasteiger partial charge is 0.493 e. The Morgan fingerprint density at radius 3 is 2.50 bits per heavy atom. The predicted octanol–water partition coefficient (Wildman–Crippen LogP) is 2.49. The molecule has 2 aliphatic carbocycles. The van der Waals surface area contributed by atoms with Crippen molar-refractivity contribution in [3.05, 3.63) is 38.3 Å². The number of ether oxygens (including phenoxy) is 3. The number of H-pyrrole nitrogens is 1. The number of rotatable bonds is 6. The molecule has 2 saturated carbocycles. The van der Waals surface area contributed by atoms with Crippen LogP contribution in [0.4, 0.5) is 0 Å². The van der Waals surface area contributed by atoms with Gasteiger partial charge in [0.1, 0.15) is 6.54 Å². The maximum Gasteiger partial charge on any atom is 0.326 e. The van der Waals surface area contributed by atoms with E-state index in [1.165, 1.54) is 11.3 Å². The summed E-state index contributed by atoms with van der Waals surface area (Å²) >= 11 is 2.83. The molecule has 3 fully saturated rings. The summed E-state index contributed by atoms with van der Waals surface area (Å²) in [6.45, 7) is 1.56. The number of carbonyl (C=O) groups is 3. The molecule has 11 heteroatoms. The number of benzene rings is 1. The monoisotopic (exact) mass is 530 g/mol. The first-order chi connectivity index (χ1) is 17.4. The number of aromatic nitrogens is 1. The summed E-state index contributed by atoms with van der Waals surface area (Å²) < 4.78 is 16.0. The minimum atomic E-state index is -0.568. The van der Waals surface area contributed by atoms with Gasteiger partial charge in [-0.3, -0.25) is 24.1 Å². The SMILES string of the molecule is CCOC(=O)CN1C(=O)[C@@H]2[C@H]3C[C@@H]([C@@H]2C1=O)[C@@H]1[C@@H](c2ccc(OC)c(OC)c2)c2sc(=O)[nH]c2S[C@H]31. The van der Waals surface area contributed by atoms with Crippen molar-refractivity contribution >= 4 is 40.9 Å². The van der Waals surface area contributed by atoms with Gasteiger partial charge in [-0.15, -0.1) is 11.8 Å². The number of hydrogen-bond donors (Lipinski definition) is 1. The Labute approximate surface area is 215 Å². The van der Waals surface area contributed by atoms with Gasteiger partial charge in [0.05, 0.1) is 37.7 Å². The van der Waals surface area contributed by atoms with Crippen LogP contribution in [0.3, 0.4) is 0 Å². The predicted molar refractivity (Wildman–Crippen MR) is 131 cm³/mol. The fourth-order valence-corrected chi connectivity index (χ4v) is 9.88. The number of amides is 2. The van der Waals surface area contributed by atoms with Crippen molar-refractivity contribution in [1.29, 1.82) is 0 Å². The molecule has 1 aromatic heterocycles. The van der Waals surface area contributed by atoms with Gasteiger partial charge in [-0.2, -0.15) is 0 Å². The van der Waals surface area contributed by atoms with E-state index in [0.717, 1.165) is 26.8 Å². The van der Waals surface area contributed by atoms with Crippen LogP contribution >= 0.6 is 23.1 Å². The van der Waals surface area contributed by atoms with Crippen molar-refractivity contribution in [3.8, 4) is 11.5 Å². The molecule has 0 spiro atoms. The Kier molecular flexibility index (Phi) is 5.67. The molecule has 2 aromatic rings. The summed E-state index contributed by atoms with van der Waals surface area (Å²) in [7, 11) is 3.17. The zero-order chi connectivity index (χ0) is 25.3. The Morgan fingerprint density at radius 1 is 1.08 bits per heavy atom. The van der Waals surface area contributed by atoms with Crippen LogP contribution < -0.4 is 14.3 Å². The molecule has 7 atom stereocenters. The van der Waals surface area contributed by atoms with E-state index in [4.69, 9.17) is 14.2 Å². The number of esters is 1. The lowest BCUT2D eigenvalue weighted by molar-refractivity contribution is -0.153. The summed E-state index contributed by atoms with van der Waals surface area (Å²) in [4.78, 5) is 56.3. The summed E-state index contributed by atoms with van der Waals surface area (Å²) in [5.41, 5.74) is 0.990. The normalized spacial score (nSPS) is 31.8. The molecule has 4 aliphatic rings. The topological polar surface area (TPSA) is 115 Å². The van der Waals surface area contributed by atoms with Gasteiger partial charge in [-0.05, 0) is 48.8 Å². The molecule has 1 aromatic carbocycles. The Morgan fingerprint density at radius 2 is 1.81 bits per heavy atom. The molecule has 1 saturated heterocycles. The molecular formula is C25H26N2O7S2. The smallest absolute Gasteiger partial charge is 0.326 e. The summed E-state index contributed by atoms with van der Waals surface area (Å²) in [6, 6.07) is 5.80. The van der Waals surface area contributed by atoms with Crippen LogP contribution in [0.15, 0.2) is 28.0 Å². The zero-order valence-corrected chi connectivity index (χ0v) is 21.6. The Hall–Kier alpha value is -2.79. The lowest BCUT2D eigenvalue weighted by Gasteiger charge is -2.43. The van der Waals surface area contributed by atoms with E-state index in [2.05, 4.69) is 4.98 Å². The molecule has 190 valence electrons. The first-order valence-corrected chi connectivity index (χ1v) is 13.7. The number of nitrogens with zero attached hydrogens (tertiary/aromatic N) is 1. The minimum Gasteiger partial charge on any atom is -0.493 e. The van der Waals surface area contributed by atoms with Crippen LogP contribution in [-0.2, 0) is 19.1 Å². The van der Waals surface area contributed by atoms with E-state index >= 15 is 0 Å². The van der Waals surface area contributed by atoms with E-state index in [-0.39, 0.29) is 58.8 Å². The fraction of sp³-hybridized carbons (Fsp3) is 0.520. The second-order valence-corrected chi connectivity index (χ2v) is 11.8. The fourth-order valence-electron chi connectivity index (χ4n) is 6.99. The maximum atomic E-state index is 13.5. The highest BCUT2D eigenvalue weighted by molar-refractivity contribution is 8.00. The molecule has 6 rings (SSSR count). The van der Waals surface area contributed by atoms with Crippen LogP contribution in [0.2, 0.25) is 0 Å². The van der Waals surface area contributed by atoms with Gasteiger partial charge >= 0.3 is 10.8 Å². The van der Waals surface area contributed by atoms with Crippen molar-refractivity contribution < 1.29 is 28.6 Å². The number of methoxy groups -OCH3 is 2. The summed E-state index contributed by atoms with van der Waals surface area (Å²) in [5, 5.41) is 0.918. The molecule has 0 unspecified atom stereocenters. The minimum absolute atomic E-state index is 0.00200. The molecule has 1 N–H and O–H groups in total. The zero-order valence-electron chi connectivity index (χ0n) is 20.0. The molecular weight excluding hydrogens is 504 g/mol. The third-order valence-corrected chi connectivity index (χ3v) is 10.8. The van der Waals surface area contributed by atoms with Crippen molar-refractivity contribution in [1.82, 2.24) is 9.88 Å². The van der Waals surface area contributed by atoms with Crippen LogP contribution in [0.5, 0.6) is 11.5 Å². The average Bonchev–Trinajstić information content (AvgIpc) is 3.59. The van der Waals surface area contributed by atoms with Crippen molar-refractivity contribution in [2.75, 3.05) is 27.4 Å². The number of nitrogens with one attached hydrogen (secondary N) is 1. The Bertz CT molecular complexity index is 1320. The van der Waals surface area contributed by atoms with Crippen LogP contribution in [-0.4, -0.2) is 60.3 Å². The number of carbonyl (C=O) groups excluding carboxylic acids is 3. The van der Waals surface area contributed by atoms with Gasteiger partial charge in [0.25, 0.3) is 0 Å². The van der Waals surface area contributed by atoms with Crippen LogP contribution in [0, 0.1) is 29.6 Å². The van der Waals surface area contributed by atoms with E-state index in [1.54, 1.807) is 32.9 Å². The van der Waals surface area contributed by atoms with Gasteiger partial charge in [-0.25, -0.2) is 0 Å². The van der Waals surface area contributed by atoms with Gasteiger partial charge in [0, 0.05) is 16.0 Å². The first kappa shape index (κ1) is 23.6. The molecule has 0 radical (unpaired) electrons. The van der Waals surface area contributed by atoms with Gasteiger partial charge in [0.2, 0.25) is 11.8 Å². The third kappa shape index (κ3) is 3.28. The lowest BCUT2D eigenvalue weighted by atomic mass is 9.68. The van der Waals surface area contributed by atoms with Crippen LogP contribution in [0.1, 0.15) is 29.7 Å². The molecule has 36 heavy (non-hydrogen) atoms. The molecule has 2 bridgehead atoms.